The molecule has 32 heavy (non-hydrogen) atoms. The van der Waals surface area contributed by atoms with Crippen molar-refractivity contribution >= 4 is 54.9 Å². The largest absolute Gasteiger partial charge is 0.493 e. The predicted molar refractivity (Wildman–Crippen MR) is 129 cm³/mol. The van der Waals surface area contributed by atoms with Gasteiger partial charge < -0.3 is 14.6 Å². The summed E-state index contributed by atoms with van der Waals surface area (Å²) in [6, 6.07) is 8.68. The summed E-state index contributed by atoms with van der Waals surface area (Å²) in [4.78, 5) is 28.8. The maximum Gasteiger partial charge on any atom is 0.341 e. The summed E-state index contributed by atoms with van der Waals surface area (Å²) < 4.78 is 13.2. The highest BCUT2D eigenvalue weighted by Gasteiger charge is 2.23. The number of hydrogen-bond acceptors (Lipinski definition) is 6. The SMILES string of the molecule is COc1cc(C=Nn2c(C(C)(C)C)nc3ccc(Br)cc3c2=O)cc(Br)c1OCC(=O)O. The molecule has 3 aromatic rings. The van der Waals surface area contributed by atoms with Crippen molar-refractivity contribution in [2.45, 2.75) is 26.2 Å². The van der Waals surface area contributed by atoms with Crippen LogP contribution < -0.4 is 15.0 Å². The molecule has 0 aliphatic carbocycles. The first-order valence-electron chi connectivity index (χ1n) is 9.50. The summed E-state index contributed by atoms with van der Waals surface area (Å²) in [5, 5.41) is 13.7. The monoisotopic (exact) mass is 565 g/mol. The van der Waals surface area contributed by atoms with Gasteiger partial charge in [0.1, 0.15) is 5.82 Å². The van der Waals surface area contributed by atoms with Gasteiger partial charge in [0, 0.05) is 9.89 Å². The highest BCUT2D eigenvalue weighted by Crippen LogP contribution is 2.36. The van der Waals surface area contributed by atoms with E-state index in [1.807, 2.05) is 26.8 Å². The third-order valence-corrected chi connectivity index (χ3v) is 5.48. The van der Waals surface area contributed by atoms with Crippen molar-refractivity contribution in [3.8, 4) is 11.5 Å². The molecule has 8 nitrogen and oxygen atoms in total. The number of aliphatic carboxylic acids is 1. The van der Waals surface area contributed by atoms with Crippen LogP contribution in [0.2, 0.25) is 0 Å². The third-order valence-electron chi connectivity index (χ3n) is 4.39. The van der Waals surface area contributed by atoms with Crippen molar-refractivity contribution in [1.29, 1.82) is 0 Å². The second-order valence-electron chi connectivity index (χ2n) is 7.92. The summed E-state index contributed by atoms with van der Waals surface area (Å²) in [7, 11) is 1.45. The Bertz CT molecular complexity index is 1280. The van der Waals surface area contributed by atoms with Crippen LogP contribution in [0.3, 0.4) is 0 Å². The van der Waals surface area contributed by atoms with Crippen LogP contribution in [-0.2, 0) is 10.2 Å². The minimum Gasteiger partial charge on any atom is -0.493 e. The number of methoxy groups -OCH3 is 1. The molecular weight excluding hydrogens is 546 g/mol. The van der Waals surface area contributed by atoms with E-state index in [9.17, 15) is 9.59 Å². The van der Waals surface area contributed by atoms with Crippen LogP contribution in [0.25, 0.3) is 10.9 Å². The van der Waals surface area contributed by atoms with Crippen LogP contribution in [0.1, 0.15) is 32.2 Å². The molecule has 0 saturated heterocycles. The number of halogens is 2. The molecule has 168 valence electrons. The molecule has 0 saturated carbocycles. The smallest absolute Gasteiger partial charge is 0.341 e. The molecule has 1 N–H and O–H groups in total. The molecule has 1 aromatic heterocycles. The highest BCUT2D eigenvalue weighted by atomic mass is 79.9. The van der Waals surface area contributed by atoms with Crippen LogP contribution in [0.5, 0.6) is 11.5 Å². The molecule has 3 rings (SSSR count). The lowest BCUT2D eigenvalue weighted by Gasteiger charge is -2.21. The minimum absolute atomic E-state index is 0.261. The Morgan fingerprint density at radius 2 is 1.97 bits per heavy atom. The average Bonchev–Trinajstić information content (AvgIpc) is 2.71. The number of carbonyl (C=O) groups is 1. The highest BCUT2D eigenvalue weighted by molar-refractivity contribution is 9.10. The van der Waals surface area contributed by atoms with Gasteiger partial charge in [0.2, 0.25) is 0 Å². The van der Waals surface area contributed by atoms with Gasteiger partial charge >= 0.3 is 5.97 Å². The van der Waals surface area contributed by atoms with Crippen molar-refractivity contribution in [2.24, 2.45) is 5.10 Å². The second-order valence-corrected chi connectivity index (χ2v) is 9.69. The van der Waals surface area contributed by atoms with E-state index in [1.54, 1.807) is 24.3 Å². The van der Waals surface area contributed by atoms with Crippen LogP contribution in [0.4, 0.5) is 0 Å². The van der Waals surface area contributed by atoms with Crippen molar-refractivity contribution in [1.82, 2.24) is 9.66 Å². The van der Waals surface area contributed by atoms with Gasteiger partial charge in [0.15, 0.2) is 18.1 Å². The van der Waals surface area contributed by atoms with Gasteiger partial charge in [0.05, 0.1) is 28.7 Å². The Labute approximate surface area is 201 Å². The second kappa shape index (κ2) is 9.41. The Kier molecular flexibility index (Phi) is 7.04. The molecule has 0 aliphatic rings. The number of benzene rings is 2. The van der Waals surface area contributed by atoms with E-state index < -0.39 is 18.0 Å². The molecule has 0 amide bonds. The van der Waals surface area contributed by atoms with Crippen molar-refractivity contribution in [3.05, 3.63) is 61.0 Å². The number of carboxylic acid groups (broad SMARTS) is 1. The Morgan fingerprint density at radius 1 is 1.25 bits per heavy atom. The standard InChI is InChI=1S/C22H21Br2N3O5/c1-22(2,3)21-26-16-6-5-13(23)9-14(16)20(30)27(21)25-10-12-7-15(24)19(17(8-12)31-4)32-11-18(28)29/h5-10H,11H2,1-4H3,(H,28,29). The van der Waals surface area contributed by atoms with E-state index >= 15 is 0 Å². The lowest BCUT2D eigenvalue weighted by Crippen LogP contribution is -2.29. The summed E-state index contributed by atoms with van der Waals surface area (Å²) in [6.45, 7) is 5.37. The van der Waals surface area contributed by atoms with E-state index in [-0.39, 0.29) is 11.3 Å². The van der Waals surface area contributed by atoms with Gasteiger partial charge in [-0.2, -0.15) is 9.78 Å². The lowest BCUT2D eigenvalue weighted by atomic mass is 9.95. The van der Waals surface area contributed by atoms with Gasteiger partial charge in [0.25, 0.3) is 5.56 Å². The summed E-state index contributed by atoms with van der Waals surface area (Å²) >= 11 is 6.77. The minimum atomic E-state index is -1.10. The average molecular weight is 567 g/mol. The van der Waals surface area contributed by atoms with E-state index in [0.29, 0.717) is 32.5 Å². The van der Waals surface area contributed by atoms with Gasteiger partial charge in [-0.15, -0.1) is 0 Å². The maximum absolute atomic E-state index is 13.2. The number of rotatable bonds is 6. The van der Waals surface area contributed by atoms with Gasteiger partial charge in [-0.1, -0.05) is 36.7 Å². The van der Waals surface area contributed by atoms with Crippen molar-refractivity contribution in [2.75, 3.05) is 13.7 Å². The zero-order chi connectivity index (χ0) is 23.6. The number of fused-ring (bicyclic) bond motifs is 1. The molecule has 0 fully saturated rings. The number of carboxylic acids is 1. The molecule has 0 bridgehead atoms. The van der Waals surface area contributed by atoms with E-state index in [2.05, 4.69) is 41.9 Å². The first kappa shape index (κ1) is 23.9. The van der Waals surface area contributed by atoms with E-state index in [4.69, 9.17) is 14.6 Å². The maximum atomic E-state index is 13.2. The Hall–Kier alpha value is -2.72. The fraction of sp³-hybridized carbons (Fsp3) is 0.273. The van der Waals surface area contributed by atoms with E-state index in [1.165, 1.54) is 18.0 Å². The number of ether oxygens (including phenoxy) is 2. The number of aromatic nitrogens is 2. The van der Waals surface area contributed by atoms with Crippen LogP contribution in [-0.4, -0.2) is 40.7 Å². The molecule has 0 unspecified atom stereocenters. The summed E-state index contributed by atoms with van der Waals surface area (Å²) in [5.41, 5.74) is 0.478. The molecule has 0 radical (unpaired) electrons. The quantitative estimate of drug-likeness (QED) is 0.438. The first-order valence-corrected chi connectivity index (χ1v) is 11.1. The fourth-order valence-electron chi connectivity index (χ4n) is 2.95. The van der Waals surface area contributed by atoms with E-state index in [0.717, 1.165) is 4.47 Å². The molecule has 2 aromatic carbocycles. The normalized spacial score (nSPS) is 11.8. The Balaban J connectivity index is 2.12. The Morgan fingerprint density at radius 3 is 2.59 bits per heavy atom. The van der Waals surface area contributed by atoms with Gasteiger partial charge in [-0.25, -0.2) is 9.78 Å². The van der Waals surface area contributed by atoms with Crippen LogP contribution >= 0.6 is 31.9 Å². The number of hydrogen-bond donors (Lipinski definition) is 1. The number of nitrogens with zero attached hydrogens (tertiary/aromatic N) is 3. The molecule has 10 heteroatoms. The van der Waals surface area contributed by atoms with Crippen molar-refractivity contribution in [3.63, 3.8) is 0 Å². The lowest BCUT2D eigenvalue weighted by molar-refractivity contribution is -0.139. The first-order chi connectivity index (χ1) is 15.0. The van der Waals surface area contributed by atoms with Crippen molar-refractivity contribution < 1.29 is 19.4 Å². The topological polar surface area (TPSA) is 103 Å². The zero-order valence-corrected chi connectivity index (χ0v) is 21.0. The third kappa shape index (κ3) is 5.18. The van der Waals surface area contributed by atoms with Crippen LogP contribution in [0, 0.1) is 0 Å². The zero-order valence-electron chi connectivity index (χ0n) is 17.8. The summed E-state index contributed by atoms with van der Waals surface area (Å²) in [5.74, 6) is -0.00186. The van der Waals surface area contributed by atoms with Crippen LogP contribution in [0.15, 0.2) is 49.2 Å². The molecular formula is C22H21Br2N3O5. The predicted octanol–water partition coefficient (Wildman–Crippen LogP) is 4.57. The molecule has 0 aliphatic heterocycles. The van der Waals surface area contributed by atoms with Gasteiger partial charge in [-0.05, 0) is 51.8 Å². The molecule has 0 spiro atoms. The fourth-order valence-corrected chi connectivity index (χ4v) is 3.89. The molecule has 0 atom stereocenters. The molecule has 1 heterocycles. The van der Waals surface area contributed by atoms with Gasteiger partial charge in [-0.3, -0.25) is 4.79 Å². The summed E-state index contributed by atoms with van der Waals surface area (Å²) in [6.07, 6.45) is 1.51.